The Morgan fingerprint density at radius 1 is 1.28 bits per heavy atom. The molecule has 2 amide bonds. The van der Waals surface area contributed by atoms with Crippen molar-refractivity contribution < 1.29 is 14.3 Å². The van der Waals surface area contributed by atoms with Gasteiger partial charge in [0.15, 0.2) is 0 Å². The van der Waals surface area contributed by atoms with Gasteiger partial charge in [0.2, 0.25) is 5.91 Å². The summed E-state index contributed by atoms with van der Waals surface area (Å²) in [5.41, 5.74) is 7.41. The molecule has 0 fully saturated rings. The number of carbonyl (C=O) groups excluding carboxylic acids is 2. The molecule has 1 aromatic heterocycles. The number of carbonyl (C=O) groups is 2. The molecule has 0 unspecified atom stereocenters. The van der Waals surface area contributed by atoms with Gasteiger partial charge in [-0.05, 0) is 38.0 Å². The van der Waals surface area contributed by atoms with E-state index in [9.17, 15) is 9.59 Å². The second-order valence-corrected chi connectivity index (χ2v) is 6.79. The van der Waals surface area contributed by atoms with Crippen LogP contribution in [-0.4, -0.2) is 18.4 Å². The predicted octanol–water partition coefficient (Wildman–Crippen LogP) is 3.90. The molecule has 0 aliphatic carbocycles. The van der Waals surface area contributed by atoms with E-state index in [4.69, 9.17) is 10.5 Å². The number of nitrogens with one attached hydrogen (secondary N) is 1. The summed E-state index contributed by atoms with van der Waals surface area (Å²) < 4.78 is 5.66. The van der Waals surface area contributed by atoms with Gasteiger partial charge in [-0.2, -0.15) is 0 Å². The lowest BCUT2D eigenvalue weighted by molar-refractivity contribution is -0.111. The lowest BCUT2D eigenvalue weighted by Crippen LogP contribution is -2.16. The first kappa shape index (κ1) is 18.7. The van der Waals surface area contributed by atoms with E-state index in [1.54, 1.807) is 6.08 Å². The van der Waals surface area contributed by atoms with E-state index in [-0.39, 0.29) is 5.91 Å². The number of thiophene rings is 1. The number of hydrogen-bond acceptors (Lipinski definition) is 4. The van der Waals surface area contributed by atoms with Gasteiger partial charge in [0.25, 0.3) is 5.91 Å². The summed E-state index contributed by atoms with van der Waals surface area (Å²) in [5.74, 6) is -0.137. The summed E-state index contributed by atoms with van der Waals surface area (Å²) in [5, 5.41) is 3.22. The molecule has 0 aliphatic heterocycles. The number of primary amides is 1. The van der Waals surface area contributed by atoms with Gasteiger partial charge in [-0.25, -0.2) is 0 Å². The van der Waals surface area contributed by atoms with E-state index in [2.05, 4.69) is 5.32 Å². The van der Waals surface area contributed by atoms with E-state index in [1.165, 1.54) is 17.4 Å². The summed E-state index contributed by atoms with van der Waals surface area (Å²) >= 11 is 1.34. The molecular formula is C19H22N2O3S. The minimum absolute atomic E-state index is 0.325. The molecule has 132 valence electrons. The smallest absolute Gasteiger partial charge is 0.251 e. The van der Waals surface area contributed by atoms with Crippen LogP contribution in [-0.2, 0) is 4.79 Å². The molecule has 0 aliphatic rings. The second-order valence-electron chi connectivity index (χ2n) is 5.56. The van der Waals surface area contributed by atoms with Gasteiger partial charge >= 0.3 is 0 Å². The summed E-state index contributed by atoms with van der Waals surface area (Å²) in [7, 11) is 0. The van der Waals surface area contributed by atoms with E-state index < -0.39 is 5.91 Å². The van der Waals surface area contributed by atoms with Crippen LogP contribution in [0.1, 0.15) is 39.7 Å². The highest BCUT2D eigenvalue weighted by Gasteiger charge is 2.18. The van der Waals surface area contributed by atoms with Crippen LogP contribution in [0.25, 0.3) is 6.08 Å². The van der Waals surface area contributed by atoms with Gasteiger partial charge in [0.05, 0.1) is 12.2 Å². The first-order chi connectivity index (χ1) is 11.9. The van der Waals surface area contributed by atoms with Crippen molar-refractivity contribution in [3.8, 4) is 5.75 Å². The fourth-order valence-corrected chi connectivity index (χ4v) is 3.36. The van der Waals surface area contributed by atoms with Crippen LogP contribution in [0.2, 0.25) is 0 Å². The molecule has 3 N–H and O–H groups in total. The largest absolute Gasteiger partial charge is 0.493 e. The number of ether oxygens (including phenoxy) is 1. The highest BCUT2D eigenvalue weighted by molar-refractivity contribution is 7.16. The maximum absolute atomic E-state index is 12.2. The molecule has 2 aromatic rings. The van der Waals surface area contributed by atoms with Crippen LogP contribution in [0.4, 0.5) is 5.00 Å². The molecule has 1 aromatic carbocycles. The highest BCUT2D eigenvalue weighted by Crippen LogP contribution is 2.32. The quantitative estimate of drug-likeness (QED) is 0.736. The molecular weight excluding hydrogens is 336 g/mol. The van der Waals surface area contributed by atoms with Gasteiger partial charge in [-0.1, -0.05) is 25.1 Å². The Bertz CT molecular complexity index is 809. The minimum atomic E-state index is -0.542. The maximum atomic E-state index is 12.2. The zero-order valence-corrected chi connectivity index (χ0v) is 15.4. The third kappa shape index (κ3) is 4.70. The number of anilines is 1. The van der Waals surface area contributed by atoms with Crippen molar-refractivity contribution in [2.75, 3.05) is 11.9 Å². The number of para-hydroxylation sites is 1. The van der Waals surface area contributed by atoms with E-state index in [0.717, 1.165) is 28.2 Å². The highest BCUT2D eigenvalue weighted by atomic mass is 32.1. The van der Waals surface area contributed by atoms with Crippen molar-refractivity contribution in [3.63, 3.8) is 0 Å². The molecule has 0 radical (unpaired) electrons. The third-order valence-electron chi connectivity index (χ3n) is 3.66. The van der Waals surface area contributed by atoms with Crippen LogP contribution in [0.3, 0.4) is 0 Å². The Balaban J connectivity index is 2.15. The topological polar surface area (TPSA) is 81.4 Å². The maximum Gasteiger partial charge on any atom is 0.251 e. The zero-order valence-electron chi connectivity index (χ0n) is 14.6. The number of nitrogens with two attached hydrogens (primary N) is 1. The molecule has 25 heavy (non-hydrogen) atoms. The monoisotopic (exact) mass is 358 g/mol. The van der Waals surface area contributed by atoms with E-state index >= 15 is 0 Å². The summed E-state index contributed by atoms with van der Waals surface area (Å²) in [6, 6.07) is 7.51. The van der Waals surface area contributed by atoms with E-state index in [1.807, 2.05) is 45.0 Å². The molecule has 0 atom stereocenters. The van der Waals surface area contributed by atoms with Crippen molar-refractivity contribution in [2.24, 2.45) is 5.73 Å². The second kappa shape index (κ2) is 8.48. The van der Waals surface area contributed by atoms with Gasteiger partial charge < -0.3 is 15.8 Å². The fourth-order valence-electron chi connectivity index (χ4n) is 2.29. The number of aryl methyl sites for hydroxylation is 1. The Hall–Kier alpha value is -2.60. The first-order valence-corrected chi connectivity index (χ1v) is 8.86. The normalized spacial score (nSPS) is 10.8. The molecule has 2 rings (SSSR count). The predicted molar refractivity (Wildman–Crippen MR) is 102 cm³/mol. The standard InChI is InChI=1S/C19H22N2O3S/c1-4-11-24-15-8-6-5-7-14(15)9-10-16(22)21-19-17(18(20)23)12(2)13(3)25-19/h5-10H,4,11H2,1-3H3,(H2,20,23)(H,21,22)/b10-9+. The fraction of sp³-hybridized carbons (Fsp3) is 0.263. The zero-order chi connectivity index (χ0) is 18.4. The molecule has 0 saturated heterocycles. The molecule has 6 heteroatoms. The molecule has 0 saturated carbocycles. The van der Waals surface area contributed by atoms with Crippen molar-refractivity contribution in [1.82, 2.24) is 0 Å². The molecule has 5 nitrogen and oxygen atoms in total. The molecule has 0 bridgehead atoms. The Kier molecular flexibility index (Phi) is 6.36. The Morgan fingerprint density at radius 3 is 2.68 bits per heavy atom. The van der Waals surface area contributed by atoms with Crippen molar-refractivity contribution in [3.05, 3.63) is 51.9 Å². The lowest BCUT2D eigenvalue weighted by atomic mass is 10.1. The minimum Gasteiger partial charge on any atom is -0.493 e. The van der Waals surface area contributed by atoms with Crippen molar-refractivity contribution in [1.29, 1.82) is 0 Å². The van der Waals surface area contributed by atoms with E-state index in [0.29, 0.717) is 17.2 Å². The van der Waals surface area contributed by atoms with Gasteiger partial charge in [0, 0.05) is 16.5 Å². The SMILES string of the molecule is CCCOc1ccccc1/C=C/C(=O)Nc1sc(C)c(C)c1C(N)=O. The van der Waals surface area contributed by atoms with Crippen molar-refractivity contribution >= 4 is 34.2 Å². The van der Waals surface area contributed by atoms with Gasteiger partial charge in [-0.3, -0.25) is 9.59 Å². The average Bonchev–Trinajstić information content (AvgIpc) is 2.85. The van der Waals surface area contributed by atoms with Crippen LogP contribution < -0.4 is 15.8 Å². The van der Waals surface area contributed by atoms with Crippen LogP contribution in [0.15, 0.2) is 30.3 Å². The number of benzene rings is 1. The molecule has 0 spiro atoms. The third-order valence-corrected chi connectivity index (χ3v) is 4.79. The summed E-state index contributed by atoms with van der Waals surface area (Å²) in [4.78, 5) is 24.8. The molecule has 1 heterocycles. The number of rotatable bonds is 7. The number of amides is 2. The number of hydrogen-bond donors (Lipinski definition) is 2. The van der Waals surface area contributed by atoms with Crippen LogP contribution in [0, 0.1) is 13.8 Å². The van der Waals surface area contributed by atoms with Gasteiger partial charge in [-0.15, -0.1) is 11.3 Å². The van der Waals surface area contributed by atoms with Crippen LogP contribution in [0.5, 0.6) is 5.75 Å². The average molecular weight is 358 g/mol. The van der Waals surface area contributed by atoms with Crippen LogP contribution >= 0.6 is 11.3 Å². The summed E-state index contributed by atoms with van der Waals surface area (Å²) in [6.07, 6.45) is 4.02. The first-order valence-electron chi connectivity index (χ1n) is 8.04. The Morgan fingerprint density at radius 2 is 2.00 bits per heavy atom. The van der Waals surface area contributed by atoms with Gasteiger partial charge in [0.1, 0.15) is 10.8 Å². The van der Waals surface area contributed by atoms with Crippen molar-refractivity contribution in [2.45, 2.75) is 27.2 Å². The lowest BCUT2D eigenvalue weighted by Gasteiger charge is -2.07. The Labute approximate surface area is 151 Å². The summed E-state index contributed by atoms with van der Waals surface area (Å²) in [6.45, 7) is 6.36.